The first-order valence-corrected chi connectivity index (χ1v) is 11.4. The molecule has 0 aliphatic carbocycles. The molecule has 3 rings (SSSR count). The molecule has 174 valence electrons. The first-order chi connectivity index (χ1) is 16.1. The SMILES string of the molecule is C#Cc1cccc(NC(=O)CN=C(NCC)NCC(c2ccc(OC)cc2)N2CCCC2)c1. The highest BCUT2D eigenvalue weighted by Crippen LogP contribution is 2.26. The van der Waals surface area contributed by atoms with Gasteiger partial charge in [0.2, 0.25) is 5.91 Å². The van der Waals surface area contributed by atoms with Gasteiger partial charge in [-0.15, -0.1) is 6.42 Å². The quantitative estimate of drug-likeness (QED) is 0.313. The molecule has 7 nitrogen and oxygen atoms in total. The van der Waals surface area contributed by atoms with Crippen LogP contribution in [0.3, 0.4) is 0 Å². The molecule has 1 unspecified atom stereocenters. The Morgan fingerprint density at radius 1 is 1.18 bits per heavy atom. The number of hydrogen-bond acceptors (Lipinski definition) is 4. The number of benzene rings is 2. The molecule has 0 aromatic heterocycles. The van der Waals surface area contributed by atoms with Crippen molar-refractivity contribution in [2.75, 3.05) is 45.2 Å². The van der Waals surface area contributed by atoms with Crippen LogP contribution < -0.4 is 20.7 Å². The molecule has 1 fully saturated rings. The van der Waals surface area contributed by atoms with Gasteiger partial charge in [0.05, 0.1) is 13.2 Å². The van der Waals surface area contributed by atoms with Crippen molar-refractivity contribution < 1.29 is 9.53 Å². The van der Waals surface area contributed by atoms with Gasteiger partial charge in [-0.3, -0.25) is 9.69 Å². The topological polar surface area (TPSA) is 78.0 Å². The van der Waals surface area contributed by atoms with E-state index in [1.165, 1.54) is 18.4 Å². The van der Waals surface area contributed by atoms with Crippen molar-refractivity contribution in [3.05, 3.63) is 59.7 Å². The fourth-order valence-corrected chi connectivity index (χ4v) is 3.91. The molecule has 1 aliphatic heterocycles. The summed E-state index contributed by atoms with van der Waals surface area (Å²) >= 11 is 0. The lowest BCUT2D eigenvalue weighted by Crippen LogP contribution is -2.43. The van der Waals surface area contributed by atoms with Crippen LogP contribution in [0.25, 0.3) is 0 Å². The summed E-state index contributed by atoms with van der Waals surface area (Å²) < 4.78 is 5.31. The maximum atomic E-state index is 12.4. The molecule has 0 radical (unpaired) electrons. The van der Waals surface area contributed by atoms with Gasteiger partial charge in [-0.25, -0.2) is 4.99 Å². The normalized spacial score (nSPS) is 14.9. The van der Waals surface area contributed by atoms with Crippen LogP contribution in [0.15, 0.2) is 53.5 Å². The first kappa shape index (κ1) is 24.1. The Balaban J connectivity index is 1.63. The zero-order chi connectivity index (χ0) is 23.5. The average molecular weight is 448 g/mol. The van der Waals surface area contributed by atoms with Gasteiger partial charge >= 0.3 is 0 Å². The second-order valence-corrected chi connectivity index (χ2v) is 7.88. The number of carbonyl (C=O) groups excluding carboxylic acids is 1. The molecule has 1 aliphatic rings. The van der Waals surface area contributed by atoms with Gasteiger partial charge in [0.25, 0.3) is 0 Å². The van der Waals surface area contributed by atoms with Crippen molar-refractivity contribution >= 4 is 17.6 Å². The van der Waals surface area contributed by atoms with Crippen LogP contribution in [0.1, 0.15) is 36.9 Å². The Labute approximate surface area is 196 Å². The predicted molar refractivity (Wildman–Crippen MR) is 134 cm³/mol. The van der Waals surface area contributed by atoms with Crippen LogP contribution in [0.2, 0.25) is 0 Å². The standard InChI is InChI=1S/C26H33N5O2/c1-4-20-9-8-10-22(17-20)30-25(32)19-29-26(27-5-2)28-18-24(31-15-6-7-16-31)21-11-13-23(33-3)14-12-21/h1,8-14,17,24H,5-7,15-16,18-19H2,2-3H3,(H,30,32)(H2,27,28,29). The van der Waals surface area contributed by atoms with Gasteiger partial charge < -0.3 is 20.7 Å². The molecule has 0 bridgehead atoms. The van der Waals surface area contributed by atoms with Crippen molar-refractivity contribution in [2.24, 2.45) is 4.99 Å². The van der Waals surface area contributed by atoms with Crippen molar-refractivity contribution in [1.29, 1.82) is 0 Å². The Hall–Kier alpha value is -3.50. The highest BCUT2D eigenvalue weighted by atomic mass is 16.5. The van der Waals surface area contributed by atoms with Gasteiger partial charge in [-0.1, -0.05) is 24.1 Å². The van der Waals surface area contributed by atoms with E-state index in [4.69, 9.17) is 11.2 Å². The van der Waals surface area contributed by atoms with E-state index in [1.807, 2.05) is 31.2 Å². The molecule has 1 heterocycles. The second kappa shape index (κ2) is 12.5. The monoisotopic (exact) mass is 447 g/mol. The summed E-state index contributed by atoms with van der Waals surface area (Å²) in [7, 11) is 1.68. The summed E-state index contributed by atoms with van der Waals surface area (Å²) in [6.45, 7) is 5.55. The number of terminal acetylenes is 1. The van der Waals surface area contributed by atoms with E-state index in [1.54, 1.807) is 19.2 Å². The minimum Gasteiger partial charge on any atom is -0.497 e. The lowest BCUT2D eigenvalue weighted by atomic mass is 10.1. The molecule has 2 aromatic carbocycles. The van der Waals surface area contributed by atoms with E-state index in [2.05, 4.69) is 43.9 Å². The van der Waals surface area contributed by atoms with E-state index in [0.29, 0.717) is 24.7 Å². The summed E-state index contributed by atoms with van der Waals surface area (Å²) in [6.07, 6.45) is 7.85. The van der Waals surface area contributed by atoms with E-state index in [9.17, 15) is 4.79 Å². The number of guanidine groups is 1. The number of anilines is 1. The minimum absolute atomic E-state index is 0.00648. The van der Waals surface area contributed by atoms with Crippen LogP contribution in [0, 0.1) is 12.3 Å². The molecular weight excluding hydrogens is 414 g/mol. The van der Waals surface area contributed by atoms with Crippen LogP contribution in [0.4, 0.5) is 5.69 Å². The third kappa shape index (κ3) is 7.26. The van der Waals surface area contributed by atoms with E-state index >= 15 is 0 Å². The zero-order valence-corrected chi connectivity index (χ0v) is 19.4. The number of nitrogens with one attached hydrogen (secondary N) is 3. The third-order valence-corrected chi connectivity index (χ3v) is 5.58. The lowest BCUT2D eigenvalue weighted by molar-refractivity contribution is -0.114. The fourth-order valence-electron chi connectivity index (χ4n) is 3.91. The van der Waals surface area contributed by atoms with Crippen molar-refractivity contribution in [3.63, 3.8) is 0 Å². The number of aliphatic imine (C=N–C) groups is 1. The summed E-state index contributed by atoms with van der Waals surface area (Å²) in [5.41, 5.74) is 2.61. The molecule has 2 aromatic rings. The molecule has 33 heavy (non-hydrogen) atoms. The first-order valence-electron chi connectivity index (χ1n) is 11.4. The number of nitrogens with zero attached hydrogens (tertiary/aromatic N) is 2. The minimum atomic E-state index is -0.201. The molecule has 1 amide bonds. The molecule has 0 saturated carbocycles. The maximum absolute atomic E-state index is 12.4. The number of rotatable bonds is 9. The Bertz CT molecular complexity index is 975. The molecule has 7 heteroatoms. The Kier molecular flexibility index (Phi) is 9.16. The largest absolute Gasteiger partial charge is 0.497 e. The van der Waals surface area contributed by atoms with E-state index < -0.39 is 0 Å². The Morgan fingerprint density at radius 3 is 2.61 bits per heavy atom. The molecular formula is C26H33N5O2. The number of methoxy groups -OCH3 is 1. The smallest absolute Gasteiger partial charge is 0.246 e. The number of amides is 1. The van der Waals surface area contributed by atoms with Crippen LogP contribution in [-0.2, 0) is 4.79 Å². The summed E-state index contributed by atoms with van der Waals surface area (Å²) in [5.74, 6) is 3.83. The van der Waals surface area contributed by atoms with Crippen molar-refractivity contribution in [1.82, 2.24) is 15.5 Å². The lowest BCUT2D eigenvalue weighted by Gasteiger charge is -2.29. The number of ether oxygens (including phenoxy) is 1. The highest BCUT2D eigenvalue weighted by molar-refractivity contribution is 5.94. The summed E-state index contributed by atoms with van der Waals surface area (Å²) in [6, 6.07) is 15.6. The molecule has 3 N–H and O–H groups in total. The fraction of sp³-hybridized carbons (Fsp3) is 0.385. The van der Waals surface area contributed by atoms with Crippen molar-refractivity contribution in [3.8, 4) is 18.1 Å². The van der Waals surface area contributed by atoms with Crippen LogP contribution in [0.5, 0.6) is 5.75 Å². The van der Waals surface area contributed by atoms with E-state index in [0.717, 1.165) is 24.4 Å². The van der Waals surface area contributed by atoms with Gasteiger partial charge in [0, 0.05) is 24.3 Å². The highest BCUT2D eigenvalue weighted by Gasteiger charge is 2.23. The molecule has 1 atom stereocenters. The van der Waals surface area contributed by atoms with E-state index in [-0.39, 0.29) is 18.5 Å². The van der Waals surface area contributed by atoms with Gasteiger partial charge in [-0.05, 0) is 68.8 Å². The van der Waals surface area contributed by atoms with Gasteiger partial charge in [0.15, 0.2) is 5.96 Å². The summed E-state index contributed by atoms with van der Waals surface area (Å²) in [5, 5.41) is 9.49. The average Bonchev–Trinajstić information content (AvgIpc) is 3.37. The molecule has 1 saturated heterocycles. The number of carbonyl (C=O) groups is 1. The van der Waals surface area contributed by atoms with Gasteiger partial charge in [-0.2, -0.15) is 0 Å². The maximum Gasteiger partial charge on any atom is 0.246 e. The predicted octanol–water partition coefficient (Wildman–Crippen LogP) is 3.01. The second-order valence-electron chi connectivity index (χ2n) is 7.88. The number of hydrogen-bond donors (Lipinski definition) is 3. The molecule has 0 spiro atoms. The zero-order valence-electron chi connectivity index (χ0n) is 19.4. The summed E-state index contributed by atoms with van der Waals surface area (Å²) in [4.78, 5) is 19.4. The van der Waals surface area contributed by atoms with Crippen LogP contribution >= 0.6 is 0 Å². The van der Waals surface area contributed by atoms with Crippen molar-refractivity contribution in [2.45, 2.75) is 25.8 Å². The Morgan fingerprint density at radius 2 is 1.94 bits per heavy atom. The van der Waals surface area contributed by atoms with Crippen LogP contribution in [-0.4, -0.2) is 56.6 Å². The number of likely N-dealkylation sites (tertiary alicyclic amines) is 1. The van der Waals surface area contributed by atoms with Gasteiger partial charge in [0.1, 0.15) is 12.3 Å². The third-order valence-electron chi connectivity index (χ3n) is 5.58.